The highest BCUT2D eigenvalue weighted by Crippen LogP contribution is 2.20. The predicted octanol–water partition coefficient (Wildman–Crippen LogP) is 3.13. The molecule has 0 saturated heterocycles. The monoisotopic (exact) mass is 315 g/mol. The second kappa shape index (κ2) is 9.92. The highest BCUT2D eigenvalue weighted by atomic mass is 35.5. The summed E-state index contributed by atoms with van der Waals surface area (Å²) < 4.78 is 10.9. The minimum atomic E-state index is 0.239. The maximum atomic E-state index is 6.12. The lowest BCUT2D eigenvalue weighted by molar-refractivity contribution is 0.141. The maximum absolute atomic E-state index is 6.12. The van der Waals surface area contributed by atoms with Crippen molar-refractivity contribution in [2.45, 2.75) is 33.6 Å². The van der Waals surface area contributed by atoms with Crippen LogP contribution in [-0.2, 0) is 9.47 Å². The van der Waals surface area contributed by atoms with E-state index < -0.39 is 0 Å². The SMILES string of the molecule is CCOCCN(CCOCC)c1cc(Cl)nc(C(C)C)n1. The molecule has 0 aliphatic heterocycles. The first-order chi connectivity index (χ1) is 10.1. The number of ether oxygens (including phenoxy) is 2. The number of hydrogen-bond acceptors (Lipinski definition) is 5. The molecule has 0 saturated carbocycles. The summed E-state index contributed by atoms with van der Waals surface area (Å²) in [4.78, 5) is 11.0. The van der Waals surface area contributed by atoms with E-state index in [9.17, 15) is 0 Å². The van der Waals surface area contributed by atoms with Crippen LogP contribution < -0.4 is 4.90 Å². The minimum Gasteiger partial charge on any atom is -0.380 e. The van der Waals surface area contributed by atoms with Crippen molar-refractivity contribution in [2.75, 3.05) is 44.4 Å². The Labute approximate surface area is 132 Å². The molecule has 0 aromatic carbocycles. The molecule has 0 bridgehead atoms. The molecule has 1 heterocycles. The molecule has 0 aliphatic rings. The van der Waals surface area contributed by atoms with Crippen LogP contribution in [0.3, 0.4) is 0 Å². The summed E-state index contributed by atoms with van der Waals surface area (Å²) in [5.41, 5.74) is 0. The number of hydrogen-bond donors (Lipinski definition) is 0. The highest BCUT2D eigenvalue weighted by Gasteiger charge is 2.13. The summed E-state index contributed by atoms with van der Waals surface area (Å²) in [5, 5.41) is 0.474. The van der Waals surface area contributed by atoms with Crippen LogP contribution in [0.4, 0.5) is 5.82 Å². The Morgan fingerprint density at radius 3 is 2.14 bits per heavy atom. The van der Waals surface area contributed by atoms with Gasteiger partial charge in [0.25, 0.3) is 0 Å². The average Bonchev–Trinajstić information content (AvgIpc) is 2.45. The van der Waals surface area contributed by atoms with Gasteiger partial charge in [-0.3, -0.25) is 0 Å². The third-order valence-corrected chi connectivity index (χ3v) is 3.15. The Morgan fingerprint density at radius 2 is 1.67 bits per heavy atom. The van der Waals surface area contributed by atoms with Crippen molar-refractivity contribution in [3.05, 3.63) is 17.0 Å². The van der Waals surface area contributed by atoms with Gasteiger partial charge in [0.1, 0.15) is 16.8 Å². The molecule has 6 heteroatoms. The predicted molar refractivity (Wildman–Crippen MR) is 86.3 cm³/mol. The van der Waals surface area contributed by atoms with E-state index >= 15 is 0 Å². The quantitative estimate of drug-likeness (QED) is 0.490. The van der Waals surface area contributed by atoms with E-state index in [0.29, 0.717) is 31.6 Å². The summed E-state index contributed by atoms with van der Waals surface area (Å²) in [7, 11) is 0. The van der Waals surface area contributed by atoms with Crippen LogP contribution in [-0.4, -0.2) is 49.5 Å². The van der Waals surface area contributed by atoms with E-state index in [-0.39, 0.29) is 5.92 Å². The molecular weight excluding hydrogens is 290 g/mol. The van der Waals surface area contributed by atoms with Crippen LogP contribution in [0.2, 0.25) is 5.15 Å². The number of aromatic nitrogens is 2. The van der Waals surface area contributed by atoms with E-state index in [4.69, 9.17) is 21.1 Å². The van der Waals surface area contributed by atoms with E-state index in [0.717, 1.165) is 24.7 Å². The Kier molecular flexibility index (Phi) is 8.57. The van der Waals surface area contributed by atoms with Gasteiger partial charge >= 0.3 is 0 Å². The molecule has 5 nitrogen and oxygen atoms in total. The smallest absolute Gasteiger partial charge is 0.135 e. The van der Waals surface area contributed by atoms with Crippen LogP contribution in [0.25, 0.3) is 0 Å². The van der Waals surface area contributed by atoms with Crippen LogP contribution in [0.15, 0.2) is 6.07 Å². The van der Waals surface area contributed by atoms with Crippen molar-refractivity contribution in [1.29, 1.82) is 0 Å². The number of nitrogens with zero attached hydrogens (tertiary/aromatic N) is 3. The normalized spacial score (nSPS) is 11.1. The molecule has 0 amide bonds. The summed E-state index contributed by atoms with van der Waals surface area (Å²) in [6, 6.07) is 1.80. The zero-order chi connectivity index (χ0) is 15.7. The highest BCUT2D eigenvalue weighted by molar-refractivity contribution is 6.29. The van der Waals surface area contributed by atoms with E-state index in [1.807, 2.05) is 13.8 Å². The molecule has 0 atom stereocenters. The molecule has 0 N–H and O–H groups in total. The largest absolute Gasteiger partial charge is 0.380 e. The van der Waals surface area contributed by atoms with Crippen molar-refractivity contribution >= 4 is 17.4 Å². The Balaban J connectivity index is 2.84. The Hall–Kier alpha value is -0.910. The van der Waals surface area contributed by atoms with Gasteiger partial charge in [-0.25, -0.2) is 9.97 Å². The maximum Gasteiger partial charge on any atom is 0.135 e. The van der Waals surface area contributed by atoms with Gasteiger partial charge in [-0.05, 0) is 13.8 Å². The molecule has 0 radical (unpaired) electrons. The van der Waals surface area contributed by atoms with Crippen molar-refractivity contribution in [3.63, 3.8) is 0 Å². The van der Waals surface area contributed by atoms with Crippen molar-refractivity contribution in [2.24, 2.45) is 0 Å². The third-order valence-electron chi connectivity index (χ3n) is 2.96. The first kappa shape index (κ1) is 18.1. The van der Waals surface area contributed by atoms with E-state index in [1.165, 1.54) is 0 Å². The van der Waals surface area contributed by atoms with E-state index in [2.05, 4.69) is 28.7 Å². The van der Waals surface area contributed by atoms with Crippen LogP contribution >= 0.6 is 11.6 Å². The topological polar surface area (TPSA) is 47.5 Å². The molecule has 0 fully saturated rings. The molecule has 120 valence electrons. The fraction of sp³-hybridized carbons (Fsp3) is 0.733. The van der Waals surface area contributed by atoms with Crippen LogP contribution in [0.5, 0.6) is 0 Å². The first-order valence-electron chi connectivity index (χ1n) is 7.53. The van der Waals surface area contributed by atoms with Crippen molar-refractivity contribution in [3.8, 4) is 0 Å². The van der Waals surface area contributed by atoms with Gasteiger partial charge in [-0.1, -0.05) is 25.4 Å². The number of anilines is 1. The molecule has 1 aromatic rings. The Bertz CT molecular complexity index is 406. The zero-order valence-electron chi connectivity index (χ0n) is 13.4. The second-order valence-corrected chi connectivity index (χ2v) is 5.33. The van der Waals surface area contributed by atoms with Crippen molar-refractivity contribution < 1.29 is 9.47 Å². The Morgan fingerprint density at radius 1 is 1.10 bits per heavy atom. The molecular formula is C15H26ClN3O2. The van der Waals surface area contributed by atoms with E-state index in [1.54, 1.807) is 6.07 Å². The van der Waals surface area contributed by atoms with Gasteiger partial charge < -0.3 is 14.4 Å². The van der Waals surface area contributed by atoms with Gasteiger partial charge in [-0.15, -0.1) is 0 Å². The molecule has 21 heavy (non-hydrogen) atoms. The molecule has 1 rings (SSSR count). The molecule has 0 aliphatic carbocycles. The lowest BCUT2D eigenvalue weighted by Crippen LogP contribution is -2.32. The zero-order valence-corrected chi connectivity index (χ0v) is 14.2. The van der Waals surface area contributed by atoms with Crippen molar-refractivity contribution in [1.82, 2.24) is 9.97 Å². The lowest BCUT2D eigenvalue weighted by atomic mass is 10.2. The van der Waals surface area contributed by atoms with Crippen LogP contribution in [0, 0.1) is 0 Å². The van der Waals surface area contributed by atoms with Gasteiger partial charge in [-0.2, -0.15) is 0 Å². The number of halogens is 1. The second-order valence-electron chi connectivity index (χ2n) is 4.94. The van der Waals surface area contributed by atoms with Gasteiger partial charge in [0.05, 0.1) is 13.2 Å². The van der Waals surface area contributed by atoms with Gasteiger partial charge in [0.2, 0.25) is 0 Å². The molecule has 0 unspecified atom stereocenters. The summed E-state index contributed by atoms with van der Waals surface area (Å²) in [5.74, 6) is 1.83. The fourth-order valence-electron chi connectivity index (χ4n) is 1.82. The average molecular weight is 316 g/mol. The summed E-state index contributed by atoms with van der Waals surface area (Å²) in [6.07, 6.45) is 0. The van der Waals surface area contributed by atoms with Gasteiger partial charge in [0, 0.05) is 38.3 Å². The summed E-state index contributed by atoms with van der Waals surface area (Å²) >= 11 is 6.12. The van der Waals surface area contributed by atoms with Gasteiger partial charge in [0.15, 0.2) is 0 Å². The molecule has 0 spiro atoms. The number of rotatable bonds is 10. The third kappa shape index (κ3) is 6.59. The standard InChI is InChI=1S/C15H26ClN3O2/c1-5-20-9-7-19(8-10-21-6-2)14-11-13(16)17-15(18-14)12(3)4/h11-12H,5-10H2,1-4H3. The fourth-order valence-corrected chi connectivity index (χ4v) is 2.01. The van der Waals surface area contributed by atoms with Crippen LogP contribution in [0.1, 0.15) is 39.4 Å². The summed E-state index contributed by atoms with van der Waals surface area (Å²) in [6.45, 7) is 12.3. The lowest BCUT2D eigenvalue weighted by Gasteiger charge is -2.24. The first-order valence-corrected chi connectivity index (χ1v) is 7.91. The molecule has 1 aromatic heterocycles. The minimum absolute atomic E-state index is 0.239.